The van der Waals surface area contributed by atoms with Crippen molar-refractivity contribution >= 4 is 55.6 Å². The van der Waals surface area contributed by atoms with Gasteiger partial charge in [0, 0.05) is 28.5 Å². The molecule has 4 aliphatic heterocycles. The number of nitrogens with zero attached hydrogens (tertiary/aromatic N) is 6. The lowest BCUT2D eigenvalue weighted by Gasteiger charge is -2.23. The third-order valence-corrected chi connectivity index (χ3v) is 10.3. The standard InChI is InChI=1S/C33H28Br2N6O6/c34-18-6-8-22-20(14-18)30(42)38-10-1-4-24(38)28-26(36-16-40(22)28)32(44)46-12-3-13-47-33(45)27-29-25-5-2-11-39(25)31(43)21-15-19(35)7-9-23(21)41(29)17-37-27/h6-9,14-17,24-25H,1-5,10-13H2/t24-,25-/m0/s1. The number of fused-ring (bicyclic) bond motifs is 10. The Labute approximate surface area is 285 Å². The van der Waals surface area contributed by atoms with Gasteiger partial charge in [-0.25, -0.2) is 19.6 Å². The number of aromatic nitrogens is 4. The van der Waals surface area contributed by atoms with Crippen LogP contribution in [0, 0.1) is 0 Å². The molecule has 12 nitrogen and oxygen atoms in total. The monoisotopic (exact) mass is 762 g/mol. The summed E-state index contributed by atoms with van der Waals surface area (Å²) >= 11 is 6.93. The zero-order chi connectivity index (χ0) is 32.4. The average molecular weight is 764 g/mol. The maximum Gasteiger partial charge on any atom is 0.358 e. The van der Waals surface area contributed by atoms with Gasteiger partial charge in [-0.05, 0) is 62.1 Å². The lowest BCUT2D eigenvalue weighted by Crippen LogP contribution is -2.30. The highest BCUT2D eigenvalue weighted by molar-refractivity contribution is 9.10. The Morgan fingerprint density at radius 3 is 1.62 bits per heavy atom. The molecule has 0 radical (unpaired) electrons. The first kappa shape index (κ1) is 30.1. The lowest BCUT2D eigenvalue weighted by atomic mass is 10.1. The van der Waals surface area contributed by atoms with Crippen molar-refractivity contribution in [2.45, 2.75) is 44.2 Å². The van der Waals surface area contributed by atoms with Crippen LogP contribution in [-0.4, -0.2) is 79.0 Å². The van der Waals surface area contributed by atoms with Gasteiger partial charge in [0.15, 0.2) is 11.4 Å². The summed E-state index contributed by atoms with van der Waals surface area (Å²) in [6.07, 6.45) is 6.49. The number of esters is 2. The van der Waals surface area contributed by atoms with E-state index in [2.05, 4.69) is 41.8 Å². The number of carbonyl (C=O) groups excluding carboxylic acids is 4. The van der Waals surface area contributed by atoms with Crippen LogP contribution in [0.3, 0.4) is 0 Å². The van der Waals surface area contributed by atoms with Crippen molar-refractivity contribution < 1.29 is 28.7 Å². The summed E-state index contributed by atoms with van der Waals surface area (Å²) in [6.45, 7) is 1.20. The molecule has 6 heterocycles. The minimum atomic E-state index is -0.597. The van der Waals surface area contributed by atoms with Gasteiger partial charge in [-0.1, -0.05) is 31.9 Å². The SMILES string of the molecule is O=C(OCCCOC(=O)c1ncn2c1[C@@H]1CCCN1C(=O)c1cc(Br)ccc1-2)c1ncn2c1[C@@H]1CCCN1C(=O)c1cc(Br)ccc1-2. The fraction of sp³-hybridized carbons (Fsp3) is 0.333. The first-order chi connectivity index (χ1) is 22.8. The highest BCUT2D eigenvalue weighted by Crippen LogP contribution is 2.42. The predicted octanol–water partition coefficient (Wildman–Crippen LogP) is 5.57. The smallest absolute Gasteiger partial charge is 0.358 e. The molecule has 8 rings (SSSR count). The number of halogens is 2. The van der Waals surface area contributed by atoms with Crippen molar-refractivity contribution in [1.29, 1.82) is 0 Å². The third kappa shape index (κ3) is 4.91. The van der Waals surface area contributed by atoms with E-state index in [1.165, 1.54) is 0 Å². The Bertz CT molecular complexity index is 1850. The van der Waals surface area contributed by atoms with Crippen LogP contribution in [0.4, 0.5) is 0 Å². The molecule has 2 aromatic heterocycles. The summed E-state index contributed by atoms with van der Waals surface area (Å²) in [6, 6.07) is 10.4. The Morgan fingerprint density at radius 1 is 0.723 bits per heavy atom. The normalized spacial score (nSPS) is 19.2. The van der Waals surface area contributed by atoms with E-state index in [1.54, 1.807) is 34.6 Å². The molecule has 0 spiro atoms. The van der Waals surface area contributed by atoms with Crippen LogP contribution in [0.15, 0.2) is 58.0 Å². The first-order valence-corrected chi connectivity index (χ1v) is 17.1. The van der Waals surface area contributed by atoms with E-state index in [4.69, 9.17) is 9.47 Å². The van der Waals surface area contributed by atoms with Crippen LogP contribution in [0.5, 0.6) is 0 Å². The fourth-order valence-corrected chi connectivity index (χ4v) is 7.98. The van der Waals surface area contributed by atoms with Crippen LogP contribution >= 0.6 is 31.9 Å². The number of carbonyl (C=O) groups is 4. The second kappa shape index (κ2) is 11.7. The number of imidazole rings is 2. The number of hydrogen-bond donors (Lipinski definition) is 0. The van der Waals surface area contributed by atoms with Crippen molar-refractivity contribution in [1.82, 2.24) is 28.9 Å². The molecule has 14 heteroatoms. The molecule has 0 aliphatic carbocycles. The maximum atomic E-state index is 13.4. The Hall–Kier alpha value is -4.30. The quantitative estimate of drug-likeness (QED) is 0.184. The molecule has 47 heavy (non-hydrogen) atoms. The van der Waals surface area contributed by atoms with Crippen LogP contribution in [0.2, 0.25) is 0 Å². The Kier molecular flexibility index (Phi) is 7.51. The molecule has 2 saturated heterocycles. The largest absolute Gasteiger partial charge is 0.461 e. The summed E-state index contributed by atoms with van der Waals surface area (Å²) in [7, 11) is 0. The van der Waals surface area contributed by atoms with Gasteiger partial charge in [-0.2, -0.15) is 0 Å². The van der Waals surface area contributed by atoms with Gasteiger partial charge in [-0.3, -0.25) is 18.7 Å². The van der Waals surface area contributed by atoms with Crippen molar-refractivity contribution in [3.05, 3.63) is 91.9 Å². The number of benzene rings is 2. The van der Waals surface area contributed by atoms with Gasteiger partial charge < -0.3 is 19.3 Å². The number of ether oxygens (including phenoxy) is 2. The molecule has 0 bridgehead atoms. The lowest BCUT2D eigenvalue weighted by molar-refractivity contribution is 0.0382. The molecule has 2 atom stereocenters. The zero-order valence-corrected chi connectivity index (χ0v) is 28.2. The highest BCUT2D eigenvalue weighted by Gasteiger charge is 2.42. The fourth-order valence-electron chi connectivity index (χ4n) is 7.25. The van der Waals surface area contributed by atoms with Crippen LogP contribution in [0.1, 0.15) is 97.3 Å². The second-order valence-electron chi connectivity index (χ2n) is 12.0. The summed E-state index contributed by atoms with van der Waals surface area (Å²) in [5.74, 6) is -1.35. The molecule has 0 saturated carbocycles. The molecular formula is C33H28Br2N6O6. The maximum absolute atomic E-state index is 13.4. The van der Waals surface area contributed by atoms with Gasteiger partial charge in [-0.15, -0.1) is 0 Å². The summed E-state index contributed by atoms with van der Waals surface area (Å²) < 4.78 is 16.4. The average Bonchev–Trinajstić information content (AvgIpc) is 3.87. The number of amides is 2. The number of hydrogen-bond acceptors (Lipinski definition) is 8. The van der Waals surface area contributed by atoms with Gasteiger partial charge in [0.05, 0.1) is 59.2 Å². The van der Waals surface area contributed by atoms with E-state index < -0.39 is 11.9 Å². The van der Waals surface area contributed by atoms with Crippen molar-refractivity contribution in [3.63, 3.8) is 0 Å². The summed E-state index contributed by atoms with van der Waals surface area (Å²) in [4.78, 5) is 65.9. The second-order valence-corrected chi connectivity index (χ2v) is 13.8. The molecule has 4 aromatic rings. The summed E-state index contributed by atoms with van der Waals surface area (Å²) in [5, 5.41) is 0. The van der Waals surface area contributed by atoms with Crippen LogP contribution in [-0.2, 0) is 9.47 Å². The molecule has 0 N–H and O–H groups in total. The third-order valence-electron chi connectivity index (χ3n) is 9.31. The predicted molar refractivity (Wildman–Crippen MR) is 174 cm³/mol. The van der Waals surface area contributed by atoms with E-state index >= 15 is 0 Å². The van der Waals surface area contributed by atoms with Gasteiger partial charge in [0.1, 0.15) is 12.7 Å². The summed E-state index contributed by atoms with van der Waals surface area (Å²) in [5.41, 5.74) is 4.05. The van der Waals surface area contributed by atoms with E-state index in [-0.39, 0.29) is 54.9 Å². The van der Waals surface area contributed by atoms with E-state index in [0.29, 0.717) is 47.0 Å². The van der Waals surface area contributed by atoms with Gasteiger partial charge in [0.25, 0.3) is 11.8 Å². The minimum Gasteiger partial charge on any atom is -0.461 e. The molecule has 4 aliphatic rings. The van der Waals surface area contributed by atoms with Gasteiger partial charge in [0.2, 0.25) is 0 Å². The number of rotatable bonds is 6. The van der Waals surface area contributed by atoms with Crippen LogP contribution in [0.25, 0.3) is 11.4 Å². The first-order valence-electron chi connectivity index (χ1n) is 15.5. The van der Waals surface area contributed by atoms with Crippen molar-refractivity contribution in [2.75, 3.05) is 26.3 Å². The van der Waals surface area contributed by atoms with Crippen molar-refractivity contribution in [3.8, 4) is 11.4 Å². The minimum absolute atomic E-state index is 0.00368. The van der Waals surface area contributed by atoms with E-state index in [0.717, 1.165) is 34.6 Å². The highest BCUT2D eigenvalue weighted by atomic mass is 79.9. The molecule has 0 unspecified atom stereocenters. The molecule has 2 fully saturated rings. The Morgan fingerprint density at radius 2 is 1.17 bits per heavy atom. The molecule has 240 valence electrons. The van der Waals surface area contributed by atoms with Crippen LogP contribution < -0.4 is 0 Å². The molecular weight excluding hydrogens is 736 g/mol. The Balaban J connectivity index is 0.952. The molecule has 2 aromatic carbocycles. The van der Waals surface area contributed by atoms with E-state index in [9.17, 15) is 19.2 Å². The zero-order valence-electron chi connectivity index (χ0n) is 25.0. The van der Waals surface area contributed by atoms with E-state index in [1.807, 2.05) is 33.4 Å². The van der Waals surface area contributed by atoms with Gasteiger partial charge >= 0.3 is 11.9 Å². The molecule has 2 amide bonds. The topological polar surface area (TPSA) is 129 Å². The van der Waals surface area contributed by atoms with Crippen molar-refractivity contribution in [2.24, 2.45) is 0 Å².